The molecule has 94 valence electrons. The monoisotopic (exact) mass is 233 g/mol. The van der Waals surface area contributed by atoms with Crippen molar-refractivity contribution in [2.24, 2.45) is 35.4 Å². The second kappa shape index (κ2) is 3.96. The molecule has 0 aromatic rings. The van der Waals surface area contributed by atoms with Crippen molar-refractivity contribution in [3.63, 3.8) is 0 Å². The van der Waals surface area contributed by atoms with Gasteiger partial charge in [0, 0.05) is 0 Å². The molecule has 0 aromatic heterocycles. The Balaban J connectivity index is 1.74. The molecule has 4 bridgehead atoms. The van der Waals surface area contributed by atoms with Gasteiger partial charge in [-0.05, 0) is 75.0 Å². The van der Waals surface area contributed by atoms with Crippen LogP contribution in [0.4, 0.5) is 0 Å². The minimum Gasteiger partial charge on any atom is -0.270 e. The molecule has 0 aliphatic heterocycles. The van der Waals surface area contributed by atoms with Gasteiger partial charge in [0.25, 0.3) is 0 Å². The molecule has 0 heterocycles. The maximum Gasteiger partial charge on any atom is 0.116 e. The maximum atomic E-state index is 9.25. The first-order valence-electron chi connectivity index (χ1n) is 7.02. The van der Waals surface area contributed by atoms with E-state index in [1.807, 2.05) is 6.92 Å². The Hall–Kier alpha value is -0.590. The van der Waals surface area contributed by atoms with E-state index >= 15 is 0 Å². The van der Waals surface area contributed by atoms with E-state index in [2.05, 4.69) is 11.5 Å². The first-order chi connectivity index (χ1) is 8.13. The molecule has 0 spiro atoms. The second-order valence-corrected chi connectivity index (χ2v) is 6.89. The molecular formula is C14H23N3. The molecule has 4 aliphatic carbocycles. The van der Waals surface area contributed by atoms with Crippen molar-refractivity contribution >= 4 is 0 Å². The summed E-state index contributed by atoms with van der Waals surface area (Å²) in [7, 11) is 0. The van der Waals surface area contributed by atoms with Crippen molar-refractivity contribution in [2.45, 2.75) is 51.0 Å². The molecule has 0 aromatic carbocycles. The van der Waals surface area contributed by atoms with Crippen LogP contribution < -0.4 is 11.3 Å². The van der Waals surface area contributed by atoms with Crippen LogP contribution in [-0.2, 0) is 0 Å². The molecule has 3 N–H and O–H groups in total. The van der Waals surface area contributed by atoms with E-state index in [-0.39, 0.29) is 0 Å². The smallest absolute Gasteiger partial charge is 0.116 e. The van der Waals surface area contributed by atoms with Crippen LogP contribution in [0.25, 0.3) is 0 Å². The van der Waals surface area contributed by atoms with E-state index in [0.29, 0.717) is 0 Å². The summed E-state index contributed by atoms with van der Waals surface area (Å²) in [5.41, 5.74) is 2.20. The molecule has 0 amide bonds. The Morgan fingerprint density at radius 2 is 1.71 bits per heavy atom. The minimum absolute atomic E-state index is 0.528. The van der Waals surface area contributed by atoms with Gasteiger partial charge in [0.05, 0.1) is 6.07 Å². The largest absolute Gasteiger partial charge is 0.270 e. The van der Waals surface area contributed by atoms with Gasteiger partial charge in [-0.25, -0.2) is 5.43 Å². The topological polar surface area (TPSA) is 61.8 Å². The SMILES string of the molecule is CC(C#N)(CC1C2CC3CC(C2)CC1C3)NN. The zero-order valence-electron chi connectivity index (χ0n) is 10.7. The average molecular weight is 233 g/mol. The molecule has 3 heteroatoms. The highest BCUT2D eigenvalue weighted by atomic mass is 15.3. The molecule has 4 rings (SSSR count). The second-order valence-electron chi connectivity index (χ2n) is 6.89. The molecule has 0 radical (unpaired) electrons. The zero-order valence-corrected chi connectivity index (χ0v) is 10.7. The summed E-state index contributed by atoms with van der Waals surface area (Å²) in [4.78, 5) is 0. The number of hydrogen-bond donors (Lipinski definition) is 2. The van der Waals surface area contributed by atoms with E-state index in [9.17, 15) is 5.26 Å². The molecule has 0 saturated heterocycles. The quantitative estimate of drug-likeness (QED) is 0.580. The van der Waals surface area contributed by atoms with Crippen LogP contribution >= 0.6 is 0 Å². The molecule has 4 fully saturated rings. The predicted octanol–water partition coefficient (Wildman–Crippen LogP) is 2.19. The first kappa shape index (κ1) is 11.5. The van der Waals surface area contributed by atoms with E-state index in [1.54, 1.807) is 0 Å². The first-order valence-corrected chi connectivity index (χ1v) is 7.02. The standard InChI is InChI=1S/C14H23N3/c1-14(8-15,17-16)7-13-11-3-9-2-10(5-11)6-12(13)4-9/h9-13,17H,2-7,16H2,1H3. The Morgan fingerprint density at radius 3 is 2.12 bits per heavy atom. The summed E-state index contributed by atoms with van der Waals surface area (Å²) in [6, 6.07) is 2.35. The molecular weight excluding hydrogens is 210 g/mol. The summed E-state index contributed by atoms with van der Waals surface area (Å²) < 4.78 is 0. The summed E-state index contributed by atoms with van der Waals surface area (Å²) in [6.45, 7) is 1.94. The number of nitrogens with one attached hydrogen (secondary N) is 1. The average Bonchev–Trinajstić information content (AvgIpc) is 2.33. The van der Waals surface area contributed by atoms with E-state index < -0.39 is 5.54 Å². The molecule has 3 nitrogen and oxygen atoms in total. The summed E-state index contributed by atoms with van der Waals surface area (Å²) >= 11 is 0. The maximum absolute atomic E-state index is 9.25. The Labute approximate surface area is 104 Å². The lowest BCUT2D eigenvalue weighted by Gasteiger charge is -2.55. The van der Waals surface area contributed by atoms with Crippen molar-refractivity contribution in [2.75, 3.05) is 0 Å². The Kier molecular flexibility index (Phi) is 2.68. The fraction of sp³-hybridized carbons (Fsp3) is 0.929. The van der Waals surface area contributed by atoms with Crippen LogP contribution in [0.1, 0.15) is 45.4 Å². The summed E-state index contributed by atoms with van der Waals surface area (Å²) in [5.74, 6) is 10.1. The van der Waals surface area contributed by atoms with Gasteiger partial charge in [-0.1, -0.05) is 0 Å². The van der Waals surface area contributed by atoms with Gasteiger partial charge >= 0.3 is 0 Å². The fourth-order valence-corrected chi connectivity index (χ4v) is 4.98. The van der Waals surface area contributed by atoms with Gasteiger partial charge in [0.1, 0.15) is 5.54 Å². The number of nitrogens with zero attached hydrogens (tertiary/aromatic N) is 1. The van der Waals surface area contributed by atoms with Gasteiger partial charge in [-0.3, -0.25) is 5.84 Å². The number of nitriles is 1. The highest BCUT2D eigenvalue weighted by molar-refractivity contribution is 5.07. The lowest BCUT2D eigenvalue weighted by atomic mass is 9.50. The van der Waals surface area contributed by atoms with Crippen molar-refractivity contribution < 1.29 is 0 Å². The number of hydrogen-bond acceptors (Lipinski definition) is 3. The third-order valence-electron chi connectivity index (χ3n) is 5.63. The lowest BCUT2D eigenvalue weighted by molar-refractivity contribution is -0.0459. The third kappa shape index (κ3) is 1.88. The molecule has 1 unspecified atom stereocenters. The van der Waals surface area contributed by atoms with Gasteiger partial charge in [-0.15, -0.1) is 0 Å². The third-order valence-corrected chi connectivity index (χ3v) is 5.63. The Bertz CT molecular complexity index is 318. The van der Waals surface area contributed by atoms with Crippen LogP contribution in [0, 0.1) is 40.9 Å². The highest BCUT2D eigenvalue weighted by Crippen LogP contribution is 2.57. The number of hydrazine groups is 1. The minimum atomic E-state index is -0.528. The zero-order chi connectivity index (χ0) is 12.0. The van der Waals surface area contributed by atoms with E-state index in [0.717, 1.165) is 36.0 Å². The van der Waals surface area contributed by atoms with Crippen molar-refractivity contribution in [1.29, 1.82) is 5.26 Å². The fourth-order valence-electron chi connectivity index (χ4n) is 4.98. The van der Waals surface area contributed by atoms with Crippen molar-refractivity contribution in [3.05, 3.63) is 0 Å². The van der Waals surface area contributed by atoms with Gasteiger partial charge in [-0.2, -0.15) is 5.26 Å². The lowest BCUT2D eigenvalue weighted by Crippen LogP contribution is -2.52. The van der Waals surface area contributed by atoms with Crippen LogP contribution in [0.5, 0.6) is 0 Å². The van der Waals surface area contributed by atoms with Gasteiger partial charge in [0.15, 0.2) is 0 Å². The molecule has 4 saturated carbocycles. The van der Waals surface area contributed by atoms with Crippen LogP contribution in [0.15, 0.2) is 0 Å². The molecule has 17 heavy (non-hydrogen) atoms. The van der Waals surface area contributed by atoms with Gasteiger partial charge in [0.2, 0.25) is 0 Å². The highest BCUT2D eigenvalue weighted by Gasteiger charge is 2.49. The number of rotatable bonds is 3. The van der Waals surface area contributed by atoms with Crippen LogP contribution in [0.2, 0.25) is 0 Å². The summed E-state index contributed by atoms with van der Waals surface area (Å²) in [5, 5.41) is 9.25. The van der Waals surface area contributed by atoms with E-state index in [1.165, 1.54) is 32.1 Å². The predicted molar refractivity (Wildman–Crippen MR) is 66.5 cm³/mol. The van der Waals surface area contributed by atoms with Gasteiger partial charge < -0.3 is 0 Å². The van der Waals surface area contributed by atoms with Crippen molar-refractivity contribution in [3.8, 4) is 6.07 Å². The van der Waals surface area contributed by atoms with Crippen molar-refractivity contribution in [1.82, 2.24) is 5.43 Å². The number of nitrogens with two attached hydrogens (primary N) is 1. The van der Waals surface area contributed by atoms with Crippen LogP contribution in [0.3, 0.4) is 0 Å². The summed E-state index contributed by atoms with van der Waals surface area (Å²) in [6.07, 6.45) is 8.11. The van der Waals surface area contributed by atoms with E-state index in [4.69, 9.17) is 5.84 Å². The normalized spacial score (nSPS) is 46.5. The van der Waals surface area contributed by atoms with Crippen LogP contribution in [-0.4, -0.2) is 5.54 Å². The Morgan fingerprint density at radius 1 is 1.18 bits per heavy atom. The molecule has 1 atom stereocenters. The molecule has 4 aliphatic rings.